The van der Waals surface area contributed by atoms with Gasteiger partial charge in [0, 0.05) is 41.5 Å². The van der Waals surface area contributed by atoms with E-state index in [1.807, 2.05) is 85.1 Å². The number of hydrogen-bond acceptors (Lipinski definition) is 3. The summed E-state index contributed by atoms with van der Waals surface area (Å²) in [5.74, 6) is -0.201. The molecule has 0 aliphatic rings. The molecule has 1 unspecified atom stereocenters. The largest absolute Gasteiger partial charge is 0.346 e. The zero-order valence-electron chi connectivity index (χ0n) is 17.0. The monoisotopic (exact) mass is 406 g/mol. The maximum Gasteiger partial charge on any atom is 0.244 e. The van der Waals surface area contributed by atoms with E-state index in [9.17, 15) is 4.79 Å². The highest BCUT2D eigenvalue weighted by Crippen LogP contribution is 2.23. The van der Waals surface area contributed by atoms with Crippen molar-refractivity contribution in [3.8, 4) is 6.07 Å². The number of nitriles is 1. The van der Waals surface area contributed by atoms with Gasteiger partial charge < -0.3 is 9.88 Å². The molecule has 0 aliphatic carbocycles. The Morgan fingerprint density at radius 1 is 1.06 bits per heavy atom. The number of benzene rings is 2. The number of carbonyl (C=O) groups is 1. The highest BCUT2D eigenvalue weighted by molar-refractivity contribution is 5.96. The summed E-state index contributed by atoms with van der Waals surface area (Å²) in [7, 11) is 0. The van der Waals surface area contributed by atoms with Gasteiger partial charge in [-0.3, -0.25) is 9.78 Å². The number of amides is 1. The lowest BCUT2D eigenvalue weighted by Crippen LogP contribution is -2.28. The van der Waals surface area contributed by atoms with Crippen LogP contribution in [0.1, 0.15) is 29.3 Å². The molecule has 1 N–H and O–H groups in total. The van der Waals surface area contributed by atoms with Crippen LogP contribution in [-0.4, -0.2) is 15.5 Å². The van der Waals surface area contributed by atoms with Crippen LogP contribution < -0.4 is 5.32 Å². The highest BCUT2D eigenvalue weighted by atomic mass is 16.1. The number of para-hydroxylation sites is 1. The summed E-state index contributed by atoms with van der Waals surface area (Å²) in [4.78, 5) is 17.2. The fourth-order valence-electron chi connectivity index (χ4n) is 3.64. The fraction of sp³-hybridized carbons (Fsp3) is 0.115. The molecule has 0 bridgehead atoms. The van der Waals surface area contributed by atoms with Crippen LogP contribution in [0, 0.1) is 11.3 Å². The van der Waals surface area contributed by atoms with Gasteiger partial charge in [0.2, 0.25) is 5.91 Å². The number of pyridine rings is 1. The van der Waals surface area contributed by atoms with Crippen molar-refractivity contribution in [2.45, 2.75) is 19.0 Å². The first-order valence-corrected chi connectivity index (χ1v) is 10.2. The summed E-state index contributed by atoms with van der Waals surface area (Å²) >= 11 is 0. The van der Waals surface area contributed by atoms with Crippen LogP contribution in [0.4, 0.5) is 0 Å². The summed E-state index contributed by atoms with van der Waals surface area (Å²) in [6, 6.07) is 25.3. The highest BCUT2D eigenvalue weighted by Gasteiger charge is 2.16. The zero-order chi connectivity index (χ0) is 21.5. The molecule has 5 heteroatoms. The predicted octanol–water partition coefficient (Wildman–Crippen LogP) is 4.87. The molecule has 2 heterocycles. The maximum absolute atomic E-state index is 12.8. The number of rotatable bonds is 7. The average molecular weight is 406 g/mol. The first-order valence-electron chi connectivity index (χ1n) is 10.2. The molecule has 4 aromatic rings. The third kappa shape index (κ3) is 4.71. The van der Waals surface area contributed by atoms with E-state index in [1.165, 1.54) is 0 Å². The quantitative estimate of drug-likeness (QED) is 0.445. The second-order valence-corrected chi connectivity index (χ2v) is 7.14. The number of carbonyl (C=O) groups excluding carboxylic acids is 1. The summed E-state index contributed by atoms with van der Waals surface area (Å²) in [5.41, 5.74) is 3.74. The summed E-state index contributed by atoms with van der Waals surface area (Å²) in [5, 5.41) is 13.0. The number of fused-ring (bicyclic) bond motifs is 1. The molecule has 31 heavy (non-hydrogen) atoms. The van der Waals surface area contributed by atoms with Crippen molar-refractivity contribution in [3.05, 3.63) is 108 Å². The van der Waals surface area contributed by atoms with Crippen molar-refractivity contribution in [1.82, 2.24) is 14.9 Å². The predicted molar refractivity (Wildman–Crippen MR) is 122 cm³/mol. The van der Waals surface area contributed by atoms with Crippen LogP contribution in [-0.2, 0) is 11.3 Å². The van der Waals surface area contributed by atoms with Crippen LogP contribution in [0.3, 0.4) is 0 Å². The van der Waals surface area contributed by atoms with Crippen molar-refractivity contribution >= 4 is 22.9 Å². The van der Waals surface area contributed by atoms with Crippen LogP contribution in [0.25, 0.3) is 17.0 Å². The molecule has 2 aromatic carbocycles. The first-order chi connectivity index (χ1) is 15.3. The molecular formula is C26H22N4O. The van der Waals surface area contributed by atoms with Gasteiger partial charge in [0.25, 0.3) is 0 Å². The molecule has 152 valence electrons. The number of aryl methyl sites for hydroxylation is 1. The van der Waals surface area contributed by atoms with Gasteiger partial charge in [-0.05, 0) is 29.8 Å². The topological polar surface area (TPSA) is 70.7 Å². The van der Waals surface area contributed by atoms with Crippen LogP contribution in [0.2, 0.25) is 0 Å². The molecule has 4 rings (SSSR count). The SMILES string of the molecule is N#CCCn1cc(/C=C/C(=O)NC(c2ccccc2)c2ccccn2)c2ccccc21. The Balaban J connectivity index is 1.58. The van der Waals surface area contributed by atoms with E-state index in [0.717, 1.165) is 27.7 Å². The van der Waals surface area contributed by atoms with E-state index >= 15 is 0 Å². The van der Waals surface area contributed by atoms with Crippen molar-refractivity contribution in [2.75, 3.05) is 0 Å². The third-order valence-corrected chi connectivity index (χ3v) is 5.10. The van der Waals surface area contributed by atoms with E-state index in [2.05, 4.69) is 20.9 Å². The van der Waals surface area contributed by atoms with Crippen LogP contribution in [0.5, 0.6) is 0 Å². The molecule has 0 saturated heterocycles. The summed E-state index contributed by atoms with van der Waals surface area (Å²) in [6.07, 6.45) is 7.52. The van der Waals surface area contributed by atoms with E-state index in [1.54, 1.807) is 12.3 Å². The lowest BCUT2D eigenvalue weighted by Gasteiger charge is -2.17. The van der Waals surface area contributed by atoms with Gasteiger partial charge in [0.15, 0.2) is 0 Å². The third-order valence-electron chi connectivity index (χ3n) is 5.10. The molecule has 1 atom stereocenters. The van der Waals surface area contributed by atoms with Gasteiger partial charge in [-0.2, -0.15) is 5.26 Å². The average Bonchev–Trinajstić information content (AvgIpc) is 3.18. The van der Waals surface area contributed by atoms with Crippen molar-refractivity contribution in [2.24, 2.45) is 0 Å². The maximum atomic E-state index is 12.8. The molecule has 0 radical (unpaired) electrons. The van der Waals surface area contributed by atoms with Gasteiger partial charge in [0.05, 0.1) is 24.2 Å². The van der Waals surface area contributed by atoms with Gasteiger partial charge in [-0.1, -0.05) is 54.6 Å². The van der Waals surface area contributed by atoms with E-state index in [0.29, 0.717) is 13.0 Å². The van der Waals surface area contributed by atoms with E-state index in [-0.39, 0.29) is 11.9 Å². The Morgan fingerprint density at radius 2 is 1.84 bits per heavy atom. The minimum absolute atomic E-state index is 0.201. The standard InChI is InChI=1S/C26H22N4O/c27-16-8-18-30-19-21(22-11-4-5-13-24(22)30)14-15-25(31)29-26(20-9-2-1-3-10-20)23-12-6-7-17-28-23/h1-7,9-15,17,19,26H,8,18H2,(H,29,31)/b15-14+. The van der Waals surface area contributed by atoms with Crippen LogP contribution in [0.15, 0.2) is 91.3 Å². The smallest absolute Gasteiger partial charge is 0.244 e. The molecule has 0 spiro atoms. The Kier molecular flexibility index (Phi) is 6.20. The second-order valence-electron chi connectivity index (χ2n) is 7.14. The number of aromatic nitrogens is 2. The number of nitrogens with zero attached hydrogens (tertiary/aromatic N) is 3. The molecular weight excluding hydrogens is 384 g/mol. The lowest BCUT2D eigenvalue weighted by molar-refractivity contribution is -0.116. The Labute approximate surface area is 181 Å². The number of hydrogen-bond donors (Lipinski definition) is 1. The molecule has 0 saturated carbocycles. The summed E-state index contributed by atoms with van der Waals surface area (Å²) in [6.45, 7) is 0.618. The lowest BCUT2D eigenvalue weighted by atomic mass is 10.0. The minimum Gasteiger partial charge on any atom is -0.346 e. The van der Waals surface area contributed by atoms with Crippen molar-refractivity contribution < 1.29 is 4.79 Å². The Hall–Kier alpha value is -4.17. The Morgan fingerprint density at radius 3 is 2.61 bits per heavy atom. The Bertz CT molecular complexity index is 1200. The molecule has 5 nitrogen and oxygen atoms in total. The first kappa shape index (κ1) is 20.1. The molecule has 0 aliphatic heterocycles. The van der Waals surface area contributed by atoms with Crippen molar-refractivity contribution in [3.63, 3.8) is 0 Å². The van der Waals surface area contributed by atoms with Gasteiger partial charge in [0.1, 0.15) is 0 Å². The second kappa shape index (κ2) is 9.55. The van der Waals surface area contributed by atoms with Gasteiger partial charge >= 0.3 is 0 Å². The molecule has 0 fully saturated rings. The van der Waals surface area contributed by atoms with Crippen LogP contribution >= 0.6 is 0 Å². The van der Waals surface area contributed by atoms with Gasteiger partial charge in [-0.25, -0.2) is 0 Å². The van der Waals surface area contributed by atoms with Gasteiger partial charge in [-0.15, -0.1) is 0 Å². The summed E-state index contributed by atoms with van der Waals surface area (Å²) < 4.78 is 2.05. The number of nitrogens with one attached hydrogen (secondary N) is 1. The fourth-order valence-corrected chi connectivity index (χ4v) is 3.64. The van der Waals surface area contributed by atoms with E-state index in [4.69, 9.17) is 5.26 Å². The molecule has 1 amide bonds. The zero-order valence-corrected chi connectivity index (χ0v) is 17.0. The van der Waals surface area contributed by atoms with E-state index < -0.39 is 0 Å². The minimum atomic E-state index is -0.337. The van der Waals surface area contributed by atoms with Crippen molar-refractivity contribution in [1.29, 1.82) is 5.26 Å². The molecule has 2 aromatic heterocycles. The normalized spacial score (nSPS) is 12.0.